The van der Waals surface area contributed by atoms with E-state index in [0.717, 1.165) is 35.0 Å². The summed E-state index contributed by atoms with van der Waals surface area (Å²) in [6.45, 7) is 4.14. The Hall–Kier alpha value is -1.83. The molecule has 2 aromatic rings. The summed E-state index contributed by atoms with van der Waals surface area (Å²) in [4.78, 5) is 15.7. The molecule has 0 unspecified atom stereocenters. The number of fused-ring (bicyclic) bond motifs is 1. The van der Waals surface area contributed by atoms with Crippen molar-refractivity contribution < 1.29 is 0 Å². The molecule has 0 spiro atoms. The number of para-hydroxylation sites is 1. The molecule has 21 heavy (non-hydrogen) atoms. The van der Waals surface area contributed by atoms with Gasteiger partial charge in [-0.05, 0) is 31.9 Å². The van der Waals surface area contributed by atoms with Crippen molar-refractivity contribution in [3.05, 3.63) is 57.9 Å². The second-order valence-electron chi connectivity index (χ2n) is 5.63. The first-order valence-electron chi connectivity index (χ1n) is 7.99. The molecule has 0 radical (unpaired) electrons. The summed E-state index contributed by atoms with van der Waals surface area (Å²) in [5.74, 6) is 0. The highest BCUT2D eigenvalue weighted by molar-refractivity contribution is 5.79. The first-order valence-corrected chi connectivity index (χ1v) is 7.99. The normalized spacial score (nSPS) is 11.5. The topological polar surface area (TPSA) is 32.9 Å². The number of hydrogen-bond donors (Lipinski definition) is 1. The molecule has 0 atom stereocenters. The molecule has 0 aliphatic carbocycles. The molecular formula is C19H25NO. The Labute approximate surface area is 126 Å². The molecule has 2 nitrogen and oxygen atoms in total. The molecule has 0 fully saturated rings. The van der Waals surface area contributed by atoms with Crippen molar-refractivity contribution in [1.82, 2.24) is 4.98 Å². The average Bonchev–Trinajstić information content (AvgIpc) is 2.51. The summed E-state index contributed by atoms with van der Waals surface area (Å²) in [7, 11) is 0. The number of unbranched alkanes of at least 4 members (excludes halogenated alkanes) is 4. The van der Waals surface area contributed by atoms with Crippen LogP contribution >= 0.6 is 0 Å². The Kier molecular flexibility index (Phi) is 5.79. The fourth-order valence-electron chi connectivity index (χ4n) is 2.60. The minimum absolute atomic E-state index is 0.149. The van der Waals surface area contributed by atoms with E-state index in [9.17, 15) is 4.79 Å². The minimum atomic E-state index is 0.149. The standard InChI is InChI=1S/C19H25NO/c1-3-4-5-6-7-8-9-13-17-15(2)19(21)16-12-10-11-14-18(16)20-17/h8-12,14H,3-7,13H2,1-2H3,(H,20,21). The molecule has 0 amide bonds. The largest absolute Gasteiger partial charge is 0.358 e. The van der Waals surface area contributed by atoms with Crippen molar-refractivity contribution in [2.75, 3.05) is 0 Å². The van der Waals surface area contributed by atoms with Crippen molar-refractivity contribution in [2.24, 2.45) is 0 Å². The maximum Gasteiger partial charge on any atom is 0.192 e. The lowest BCUT2D eigenvalue weighted by molar-refractivity contribution is 0.674. The van der Waals surface area contributed by atoms with Gasteiger partial charge in [0, 0.05) is 28.6 Å². The van der Waals surface area contributed by atoms with Gasteiger partial charge in [-0.2, -0.15) is 0 Å². The van der Waals surface area contributed by atoms with Gasteiger partial charge in [0.05, 0.1) is 0 Å². The van der Waals surface area contributed by atoms with Gasteiger partial charge in [-0.3, -0.25) is 4.79 Å². The molecular weight excluding hydrogens is 258 g/mol. The van der Waals surface area contributed by atoms with Crippen LogP contribution in [0.5, 0.6) is 0 Å². The number of nitrogens with one attached hydrogen (secondary N) is 1. The first kappa shape index (κ1) is 15.6. The quantitative estimate of drug-likeness (QED) is 0.568. The summed E-state index contributed by atoms with van der Waals surface area (Å²) in [5, 5.41) is 0.780. The van der Waals surface area contributed by atoms with E-state index in [1.165, 1.54) is 25.7 Å². The van der Waals surface area contributed by atoms with Crippen LogP contribution in [0.1, 0.15) is 50.3 Å². The molecule has 0 aliphatic heterocycles. The summed E-state index contributed by atoms with van der Waals surface area (Å²) in [6.07, 6.45) is 11.5. The highest BCUT2D eigenvalue weighted by atomic mass is 16.1. The van der Waals surface area contributed by atoms with Crippen molar-refractivity contribution in [3.8, 4) is 0 Å². The Balaban J connectivity index is 2.04. The third kappa shape index (κ3) is 4.07. The fourth-order valence-corrected chi connectivity index (χ4v) is 2.60. The summed E-state index contributed by atoms with van der Waals surface area (Å²) in [6, 6.07) is 7.72. The number of H-pyrrole nitrogens is 1. The van der Waals surface area contributed by atoms with Gasteiger partial charge in [-0.1, -0.05) is 50.5 Å². The zero-order valence-corrected chi connectivity index (χ0v) is 13.1. The molecule has 2 rings (SSSR count). The zero-order valence-electron chi connectivity index (χ0n) is 13.1. The van der Waals surface area contributed by atoms with E-state index in [2.05, 4.69) is 24.1 Å². The van der Waals surface area contributed by atoms with E-state index >= 15 is 0 Å². The maximum absolute atomic E-state index is 12.3. The van der Waals surface area contributed by atoms with Gasteiger partial charge in [0.2, 0.25) is 0 Å². The maximum atomic E-state index is 12.3. The Morgan fingerprint density at radius 2 is 1.90 bits per heavy atom. The molecule has 1 aromatic carbocycles. The fraction of sp³-hybridized carbons (Fsp3) is 0.421. The van der Waals surface area contributed by atoms with Gasteiger partial charge in [0.15, 0.2) is 5.43 Å². The molecule has 1 aromatic heterocycles. The van der Waals surface area contributed by atoms with E-state index in [-0.39, 0.29) is 5.43 Å². The predicted octanol–water partition coefficient (Wildman–Crippen LogP) is 4.91. The van der Waals surface area contributed by atoms with Crippen LogP contribution in [-0.4, -0.2) is 4.98 Å². The number of pyridine rings is 1. The van der Waals surface area contributed by atoms with E-state index < -0.39 is 0 Å². The van der Waals surface area contributed by atoms with Crippen molar-refractivity contribution >= 4 is 10.9 Å². The van der Waals surface area contributed by atoms with Crippen LogP contribution in [-0.2, 0) is 6.42 Å². The highest BCUT2D eigenvalue weighted by Gasteiger charge is 2.06. The van der Waals surface area contributed by atoms with Gasteiger partial charge in [-0.25, -0.2) is 0 Å². The Morgan fingerprint density at radius 3 is 2.71 bits per heavy atom. The second kappa shape index (κ2) is 7.82. The van der Waals surface area contributed by atoms with Gasteiger partial charge in [-0.15, -0.1) is 0 Å². The lowest BCUT2D eigenvalue weighted by atomic mass is 10.1. The number of rotatable bonds is 7. The Morgan fingerprint density at radius 1 is 1.10 bits per heavy atom. The van der Waals surface area contributed by atoms with Crippen LogP contribution in [0.2, 0.25) is 0 Å². The summed E-state index contributed by atoms with van der Waals surface area (Å²) >= 11 is 0. The van der Waals surface area contributed by atoms with Crippen LogP contribution in [0.25, 0.3) is 10.9 Å². The van der Waals surface area contributed by atoms with E-state index in [1.807, 2.05) is 31.2 Å². The SMILES string of the molecule is CCCCCCC=CCc1[nH]c2ccccc2c(=O)c1C. The number of aromatic nitrogens is 1. The Bertz CT molecular complexity index is 667. The van der Waals surface area contributed by atoms with Crippen LogP contribution in [0.3, 0.4) is 0 Å². The number of benzene rings is 1. The van der Waals surface area contributed by atoms with Crippen molar-refractivity contribution in [2.45, 2.75) is 52.4 Å². The summed E-state index contributed by atoms with van der Waals surface area (Å²) in [5.41, 5.74) is 2.95. The number of allylic oxidation sites excluding steroid dienone is 2. The summed E-state index contributed by atoms with van der Waals surface area (Å²) < 4.78 is 0. The van der Waals surface area contributed by atoms with E-state index in [1.54, 1.807) is 0 Å². The van der Waals surface area contributed by atoms with Gasteiger partial charge in [0.1, 0.15) is 0 Å². The third-order valence-corrected chi connectivity index (χ3v) is 3.96. The molecule has 0 bridgehead atoms. The molecule has 0 saturated heterocycles. The first-order chi connectivity index (χ1) is 10.2. The molecule has 2 heteroatoms. The monoisotopic (exact) mass is 283 g/mol. The molecule has 0 aliphatic rings. The lowest BCUT2D eigenvalue weighted by Crippen LogP contribution is -2.11. The second-order valence-corrected chi connectivity index (χ2v) is 5.63. The molecule has 112 valence electrons. The smallest absolute Gasteiger partial charge is 0.192 e. The van der Waals surface area contributed by atoms with Gasteiger partial charge < -0.3 is 4.98 Å². The lowest BCUT2D eigenvalue weighted by Gasteiger charge is -2.06. The van der Waals surface area contributed by atoms with Crippen molar-refractivity contribution in [1.29, 1.82) is 0 Å². The van der Waals surface area contributed by atoms with Crippen LogP contribution in [0, 0.1) is 6.92 Å². The number of hydrogen-bond acceptors (Lipinski definition) is 1. The molecule has 1 heterocycles. The zero-order chi connectivity index (χ0) is 15.1. The third-order valence-electron chi connectivity index (χ3n) is 3.96. The predicted molar refractivity (Wildman–Crippen MR) is 90.9 cm³/mol. The van der Waals surface area contributed by atoms with E-state index in [0.29, 0.717) is 0 Å². The van der Waals surface area contributed by atoms with Crippen LogP contribution in [0.4, 0.5) is 0 Å². The highest BCUT2D eigenvalue weighted by Crippen LogP contribution is 2.12. The van der Waals surface area contributed by atoms with E-state index in [4.69, 9.17) is 0 Å². The molecule has 0 saturated carbocycles. The van der Waals surface area contributed by atoms with Gasteiger partial charge in [0.25, 0.3) is 0 Å². The van der Waals surface area contributed by atoms with Gasteiger partial charge >= 0.3 is 0 Å². The minimum Gasteiger partial charge on any atom is -0.358 e. The van der Waals surface area contributed by atoms with Crippen LogP contribution < -0.4 is 5.43 Å². The average molecular weight is 283 g/mol. The van der Waals surface area contributed by atoms with Crippen LogP contribution in [0.15, 0.2) is 41.2 Å². The number of aromatic amines is 1. The molecule has 1 N–H and O–H groups in total. The van der Waals surface area contributed by atoms with Crippen molar-refractivity contribution in [3.63, 3.8) is 0 Å².